The number of carboxylic acid groups (broad SMARTS) is 1. The van der Waals surface area contributed by atoms with Crippen LogP contribution in [0.2, 0.25) is 0 Å². The van der Waals surface area contributed by atoms with Gasteiger partial charge in [-0.25, -0.2) is 4.79 Å². The molecule has 2 amide bonds. The van der Waals surface area contributed by atoms with Gasteiger partial charge in [0.15, 0.2) is 0 Å². The van der Waals surface area contributed by atoms with Crippen molar-refractivity contribution >= 4 is 23.5 Å². The van der Waals surface area contributed by atoms with Crippen LogP contribution in [0.3, 0.4) is 0 Å². The van der Waals surface area contributed by atoms with E-state index in [-0.39, 0.29) is 17.4 Å². The zero-order chi connectivity index (χ0) is 18.7. The summed E-state index contributed by atoms with van der Waals surface area (Å²) >= 11 is 0. The van der Waals surface area contributed by atoms with Crippen LogP contribution in [0.25, 0.3) is 0 Å². The molecule has 0 spiro atoms. The lowest BCUT2D eigenvalue weighted by Crippen LogP contribution is -2.36. The number of carbonyl (C=O) groups is 3. The summed E-state index contributed by atoms with van der Waals surface area (Å²) in [4.78, 5) is 37.2. The number of carbonyl (C=O) groups excluding carboxylic acids is 2. The summed E-state index contributed by atoms with van der Waals surface area (Å²) in [6.07, 6.45) is 1.06. The second kappa shape index (κ2) is 7.39. The van der Waals surface area contributed by atoms with E-state index in [1.807, 2.05) is 6.07 Å². The largest absolute Gasteiger partial charge is 0.478 e. The molecule has 1 aliphatic heterocycles. The van der Waals surface area contributed by atoms with Gasteiger partial charge in [-0.15, -0.1) is 0 Å². The van der Waals surface area contributed by atoms with Crippen molar-refractivity contribution in [2.45, 2.75) is 26.3 Å². The molecule has 3 rings (SSSR count). The molecule has 2 aromatic rings. The number of carboxylic acids is 1. The number of benzene rings is 2. The van der Waals surface area contributed by atoms with Crippen LogP contribution in [-0.2, 0) is 17.8 Å². The Labute approximate surface area is 151 Å². The Hall–Kier alpha value is -3.15. The lowest BCUT2D eigenvalue weighted by molar-refractivity contribution is -0.115. The molecule has 134 valence electrons. The number of anilines is 1. The molecule has 0 unspecified atom stereocenters. The fourth-order valence-corrected chi connectivity index (χ4v) is 3.03. The summed E-state index contributed by atoms with van der Waals surface area (Å²) in [6, 6.07) is 11.9. The van der Waals surface area contributed by atoms with Crippen molar-refractivity contribution in [3.05, 3.63) is 64.7 Å². The number of aromatic carboxylic acids is 1. The monoisotopic (exact) mass is 352 g/mol. The first kappa shape index (κ1) is 17.7. The average Bonchev–Trinajstić information content (AvgIpc) is 2.66. The van der Waals surface area contributed by atoms with Gasteiger partial charge in [0.1, 0.15) is 0 Å². The van der Waals surface area contributed by atoms with Crippen LogP contribution in [-0.4, -0.2) is 34.3 Å². The molecule has 6 nitrogen and oxygen atoms in total. The van der Waals surface area contributed by atoms with E-state index in [9.17, 15) is 14.4 Å². The van der Waals surface area contributed by atoms with E-state index in [0.717, 1.165) is 11.1 Å². The van der Waals surface area contributed by atoms with Gasteiger partial charge in [-0.1, -0.05) is 19.1 Å². The smallest absolute Gasteiger partial charge is 0.335 e. The Morgan fingerprint density at radius 2 is 1.88 bits per heavy atom. The molecule has 0 saturated carbocycles. The van der Waals surface area contributed by atoms with Crippen LogP contribution in [0.15, 0.2) is 42.5 Å². The molecule has 0 aromatic heterocycles. The third-order valence-electron chi connectivity index (χ3n) is 4.47. The molecule has 1 heterocycles. The minimum absolute atomic E-state index is 0.109. The van der Waals surface area contributed by atoms with E-state index in [2.05, 4.69) is 5.32 Å². The molecule has 6 heteroatoms. The Balaban J connectivity index is 1.79. The quantitative estimate of drug-likeness (QED) is 0.886. The Bertz CT molecular complexity index is 876. The number of amides is 2. The number of hydrogen-bond donors (Lipinski definition) is 2. The Kier molecular flexibility index (Phi) is 5.02. The number of rotatable bonds is 4. The highest BCUT2D eigenvalue weighted by atomic mass is 16.4. The zero-order valence-corrected chi connectivity index (χ0v) is 14.5. The van der Waals surface area contributed by atoms with Gasteiger partial charge in [-0.05, 0) is 47.9 Å². The van der Waals surface area contributed by atoms with E-state index in [1.165, 1.54) is 0 Å². The molecule has 26 heavy (non-hydrogen) atoms. The van der Waals surface area contributed by atoms with E-state index < -0.39 is 5.97 Å². The van der Waals surface area contributed by atoms with Gasteiger partial charge in [0, 0.05) is 30.8 Å². The van der Waals surface area contributed by atoms with Crippen molar-refractivity contribution < 1.29 is 19.5 Å². The molecule has 0 atom stereocenters. The molecule has 0 bridgehead atoms. The minimum atomic E-state index is -0.976. The first-order valence-electron chi connectivity index (χ1n) is 8.52. The van der Waals surface area contributed by atoms with E-state index in [1.54, 1.807) is 48.2 Å². The van der Waals surface area contributed by atoms with Crippen molar-refractivity contribution in [3.63, 3.8) is 0 Å². The lowest BCUT2D eigenvalue weighted by atomic mass is 9.97. The van der Waals surface area contributed by atoms with Crippen LogP contribution in [0.5, 0.6) is 0 Å². The van der Waals surface area contributed by atoms with Crippen LogP contribution in [0, 0.1) is 0 Å². The van der Waals surface area contributed by atoms with E-state index in [0.29, 0.717) is 37.2 Å². The molecular weight excluding hydrogens is 332 g/mol. The molecule has 0 fully saturated rings. The fraction of sp³-hybridized carbons (Fsp3) is 0.250. The maximum absolute atomic E-state index is 12.8. The summed E-state index contributed by atoms with van der Waals surface area (Å²) in [5.41, 5.74) is 3.25. The molecule has 0 radical (unpaired) electrons. The minimum Gasteiger partial charge on any atom is -0.478 e. The zero-order valence-electron chi connectivity index (χ0n) is 14.5. The predicted molar refractivity (Wildman–Crippen MR) is 97.2 cm³/mol. The first-order valence-corrected chi connectivity index (χ1v) is 8.52. The third-order valence-corrected chi connectivity index (χ3v) is 4.47. The van der Waals surface area contributed by atoms with Crippen LogP contribution >= 0.6 is 0 Å². The highest BCUT2D eigenvalue weighted by Gasteiger charge is 2.23. The average molecular weight is 352 g/mol. The van der Waals surface area contributed by atoms with Crippen molar-refractivity contribution in [2.24, 2.45) is 0 Å². The van der Waals surface area contributed by atoms with Gasteiger partial charge in [0.2, 0.25) is 5.91 Å². The van der Waals surface area contributed by atoms with Crippen LogP contribution in [0.1, 0.15) is 45.2 Å². The maximum Gasteiger partial charge on any atom is 0.335 e. The standard InChI is InChI=1S/C20H20N2O4/c1-2-18(23)21-17-5-3-4-14(11-17)19(24)22-9-8-13-6-7-15(20(25)26)10-16(13)12-22/h3-7,10-11H,2,8-9,12H2,1H3,(H,21,23)(H,25,26). The van der Waals surface area contributed by atoms with Crippen LogP contribution in [0.4, 0.5) is 5.69 Å². The fourth-order valence-electron chi connectivity index (χ4n) is 3.03. The van der Waals surface area contributed by atoms with Gasteiger partial charge < -0.3 is 15.3 Å². The summed E-state index contributed by atoms with van der Waals surface area (Å²) in [7, 11) is 0. The van der Waals surface area contributed by atoms with E-state index >= 15 is 0 Å². The number of hydrogen-bond acceptors (Lipinski definition) is 3. The summed E-state index contributed by atoms with van der Waals surface area (Å²) in [5, 5.41) is 11.9. The number of nitrogens with zero attached hydrogens (tertiary/aromatic N) is 1. The predicted octanol–water partition coefficient (Wildman–Crippen LogP) is 2.93. The second-order valence-corrected chi connectivity index (χ2v) is 6.25. The molecule has 0 saturated heterocycles. The van der Waals surface area contributed by atoms with Gasteiger partial charge in [-0.2, -0.15) is 0 Å². The van der Waals surface area contributed by atoms with Crippen LogP contribution < -0.4 is 5.32 Å². The highest BCUT2D eigenvalue weighted by molar-refractivity contribution is 5.97. The van der Waals surface area contributed by atoms with Gasteiger partial charge >= 0.3 is 5.97 Å². The highest BCUT2D eigenvalue weighted by Crippen LogP contribution is 2.23. The van der Waals surface area contributed by atoms with E-state index in [4.69, 9.17) is 5.11 Å². The molecular formula is C20H20N2O4. The number of fused-ring (bicyclic) bond motifs is 1. The second-order valence-electron chi connectivity index (χ2n) is 6.25. The maximum atomic E-state index is 12.8. The van der Waals surface area contributed by atoms with Gasteiger partial charge in [-0.3, -0.25) is 9.59 Å². The summed E-state index contributed by atoms with van der Waals surface area (Å²) in [5.74, 6) is -1.22. The van der Waals surface area contributed by atoms with Gasteiger partial charge in [0.05, 0.1) is 5.56 Å². The molecule has 2 aromatic carbocycles. The van der Waals surface area contributed by atoms with Gasteiger partial charge in [0.25, 0.3) is 5.91 Å². The normalized spacial score (nSPS) is 13.0. The van der Waals surface area contributed by atoms with Crippen molar-refractivity contribution in [2.75, 3.05) is 11.9 Å². The first-order chi connectivity index (χ1) is 12.5. The van der Waals surface area contributed by atoms with Crippen molar-refractivity contribution in [1.29, 1.82) is 0 Å². The van der Waals surface area contributed by atoms with Crippen molar-refractivity contribution in [3.8, 4) is 0 Å². The number of nitrogens with one attached hydrogen (secondary N) is 1. The molecule has 2 N–H and O–H groups in total. The molecule has 0 aliphatic carbocycles. The summed E-state index contributed by atoms with van der Waals surface area (Å²) < 4.78 is 0. The lowest BCUT2D eigenvalue weighted by Gasteiger charge is -2.29. The van der Waals surface area contributed by atoms with Crippen molar-refractivity contribution in [1.82, 2.24) is 4.90 Å². The third kappa shape index (κ3) is 3.74. The SMILES string of the molecule is CCC(=O)Nc1cccc(C(=O)N2CCc3ccc(C(=O)O)cc3C2)c1. The summed E-state index contributed by atoms with van der Waals surface area (Å²) in [6.45, 7) is 2.71. The molecule has 1 aliphatic rings. The Morgan fingerprint density at radius 3 is 2.62 bits per heavy atom. The Morgan fingerprint density at radius 1 is 1.08 bits per heavy atom. The topological polar surface area (TPSA) is 86.7 Å².